The monoisotopic (exact) mass is 254 g/mol. The molecule has 0 amide bonds. The van der Waals surface area contributed by atoms with Crippen LogP contribution in [0, 0.1) is 5.92 Å². The molecule has 0 aromatic heterocycles. The summed E-state index contributed by atoms with van der Waals surface area (Å²) in [6.07, 6.45) is 8.18. The van der Waals surface area contributed by atoms with Gasteiger partial charge in [0.2, 0.25) is 0 Å². The van der Waals surface area contributed by atoms with E-state index in [-0.39, 0.29) is 0 Å². The van der Waals surface area contributed by atoms with Crippen LogP contribution in [0.25, 0.3) is 0 Å². The summed E-state index contributed by atoms with van der Waals surface area (Å²) in [7, 11) is 0. The Bertz CT molecular complexity index is 205. The Morgan fingerprint density at radius 2 is 2.06 bits per heavy atom. The number of piperidine rings is 1. The number of hydrogen-bond donors (Lipinski definition) is 1. The summed E-state index contributed by atoms with van der Waals surface area (Å²) in [4.78, 5) is 2.73. The largest absolute Gasteiger partial charge is 0.314 e. The fraction of sp³-hybridized carbons (Fsp3) is 1.00. The first-order valence-electron chi connectivity index (χ1n) is 8.18. The van der Waals surface area contributed by atoms with Crippen molar-refractivity contribution >= 4 is 0 Å². The Morgan fingerprint density at radius 3 is 2.61 bits per heavy atom. The van der Waals surface area contributed by atoms with Gasteiger partial charge in [-0.2, -0.15) is 0 Å². The second-order valence-corrected chi connectivity index (χ2v) is 6.04. The smallest absolute Gasteiger partial charge is 0.00939 e. The topological polar surface area (TPSA) is 15.3 Å². The quantitative estimate of drug-likeness (QED) is 0.711. The molecule has 1 saturated heterocycles. The van der Waals surface area contributed by atoms with E-state index >= 15 is 0 Å². The number of rotatable bonds is 8. The van der Waals surface area contributed by atoms with E-state index in [0.717, 1.165) is 24.5 Å². The summed E-state index contributed by atoms with van der Waals surface area (Å²) in [6, 6.07) is 1.52. The molecule has 3 unspecified atom stereocenters. The lowest BCUT2D eigenvalue weighted by molar-refractivity contribution is 0.112. The summed E-state index contributed by atoms with van der Waals surface area (Å²) in [6.45, 7) is 13.0. The Hall–Kier alpha value is -0.0800. The van der Waals surface area contributed by atoms with Crippen LogP contribution in [-0.4, -0.2) is 36.6 Å². The predicted octanol–water partition coefficient (Wildman–Crippen LogP) is 3.67. The van der Waals surface area contributed by atoms with Crippen molar-refractivity contribution in [1.82, 2.24) is 10.2 Å². The van der Waals surface area contributed by atoms with E-state index in [1.807, 2.05) is 0 Å². The molecule has 0 aromatic carbocycles. The minimum Gasteiger partial charge on any atom is -0.314 e. The van der Waals surface area contributed by atoms with Crippen molar-refractivity contribution in [1.29, 1.82) is 0 Å². The van der Waals surface area contributed by atoms with Gasteiger partial charge in [0.1, 0.15) is 0 Å². The SMILES string of the molecule is CCCCC(CC)CN1CCC(NCC)CC1C. The molecule has 0 radical (unpaired) electrons. The van der Waals surface area contributed by atoms with Crippen LogP contribution in [0.1, 0.15) is 66.2 Å². The molecule has 0 saturated carbocycles. The van der Waals surface area contributed by atoms with Gasteiger partial charge < -0.3 is 10.2 Å². The first-order chi connectivity index (χ1) is 8.71. The zero-order valence-electron chi connectivity index (χ0n) is 13.0. The third-order valence-corrected chi connectivity index (χ3v) is 4.54. The molecule has 0 bridgehead atoms. The Morgan fingerprint density at radius 1 is 1.28 bits per heavy atom. The van der Waals surface area contributed by atoms with E-state index in [9.17, 15) is 0 Å². The first kappa shape index (κ1) is 16.0. The van der Waals surface area contributed by atoms with Gasteiger partial charge in [-0.15, -0.1) is 0 Å². The highest BCUT2D eigenvalue weighted by Crippen LogP contribution is 2.21. The van der Waals surface area contributed by atoms with Gasteiger partial charge in [0.25, 0.3) is 0 Å². The number of hydrogen-bond acceptors (Lipinski definition) is 2. The lowest BCUT2D eigenvalue weighted by Gasteiger charge is -2.39. The average molecular weight is 254 g/mol. The lowest BCUT2D eigenvalue weighted by atomic mass is 9.93. The van der Waals surface area contributed by atoms with Crippen molar-refractivity contribution in [3.05, 3.63) is 0 Å². The fourth-order valence-corrected chi connectivity index (χ4v) is 3.21. The molecule has 1 aliphatic rings. The summed E-state index contributed by atoms with van der Waals surface area (Å²) in [5.41, 5.74) is 0. The van der Waals surface area contributed by atoms with Gasteiger partial charge in [0.05, 0.1) is 0 Å². The van der Waals surface area contributed by atoms with Gasteiger partial charge in [-0.05, 0) is 45.2 Å². The summed E-state index contributed by atoms with van der Waals surface area (Å²) >= 11 is 0. The van der Waals surface area contributed by atoms with Gasteiger partial charge in [0.15, 0.2) is 0 Å². The molecule has 2 nitrogen and oxygen atoms in total. The van der Waals surface area contributed by atoms with E-state index in [2.05, 4.69) is 37.9 Å². The highest BCUT2D eigenvalue weighted by molar-refractivity contribution is 4.83. The Balaban J connectivity index is 2.33. The molecule has 0 aliphatic carbocycles. The van der Waals surface area contributed by atoms with Crippen molar-refractivity contribution in [3.8, 4) is 0 Å². The minimum absolute atomic E-state index is 0.761. The van der Waals surface area contributed by atoms with Crippen LogP contribution >= 0.6 is 0 Å². The van der Waals surface area contributed by atoms with Crippen LogP contribution in [0.4, 0.5) is 0 Å². The molecule has 1 aliphatic heterocycles. The molecular formula is C16H34N2. The first-order valence-corrected chi connectivity index (χ1v) is 8.18. The van der Waals surface area contributed by atoms with Crippen LogP contribution in [0.3, 0.4) is 0 Å². The Labute approximate surface area is 115 Å². The van der Waals surface area contributed by atoms with Crippen molar-refractivity contribution in [3.63, 3.8) is 0 Å². The molecule has 1 heterocycles. The summed E-state index contributed by atoms with van der Waals surface area (Å²) in [5, 5.41) is 3.61. The average Bonchev–Trinajstić information content (AvgIpc) is 2.37. The van der Waals surface area contributed by atoms with Crippen molar-refractivity contribution in [2.24, 2.45) is 5.92 Å². The number of nitrogens with one attached hydrogen (secondary N) is 1. The zero-order chi connectivity index (χ0) is 13.4. The third kappa shape index (κ3) is 5.27. The molecule has 0 aromatic rings. The summed E-state index contributed by atoms with van der Waals surface area (Å²) in [5.74, 6) is 0.920. The van der Waals surface area contributed by atoms with Crippen molar-refractivity contribution in [2.45, 2.75) is 78.3 Å². The van der Waals surface area contributed by atoms with Crippen LogP contribution in [0.5, 0.6) is 0 Å². The van der Waals surface area contributed by atoms with E-state index in [1.165, 1.54) is 51.6 Å². The highest BCUT2D eigenvalue weighted by atomic mass is 15.2. The van der Waals surface area contributed by atoms with Crippen LogP contribution < -0.4 is 5.32 Å². The molecule has 3 atom stereocenters. The molecule has 2 heteroatoms. The number of likely N-dealkylation sites (tertiary alicyclic amines) is 1. The lowest BCUT2D eigenvalue weighted by Crippen LogP contribution is -2.48. The number of nitrogens with zero attached hydrogens (tertiary/aromatic N) is 1. The molecule has 108 valence electrons. The van der Waals surface area contributed by atoms with E-state index < -0.39 is 0 Å². The fourth-order valence-electron chi connectivity index (χ4n) is 3.21. The molecule has 1 rings (SSSR count). The second-order valence-electron chi connectivity index (χ2n) is 6.04. The van der Waals surface area contributed by atoms with E-state index in [1.54, 1.807) is 0 Å². The van der Waals surface area contributed by atoms with Crippen LogP contribution in [0.15, 0.2) is 0 Å². The van der Waals surface area contributed by atoms with Gasteiger partial charge in [-0.1, -0.05) is 40.0 Å². The Kier molecular flexibility index (Phi) is 7.92. The van der Waals surface area contributed by atoms with Gasteiger partial charge in [0, 0.05) is 18.6 Å². The van der Waals surface area contributed by atoms with Gasteiger partial charge >= 0.3 is 0 Å². The van der Waals surface area contributed by atoms with Crippen molar-refractivity contribution in [2.75, 3.05) is 19.6 Å². The van der Waals surface area contributed by atoms with E-state index in [4.69, 9.17) is 0 Å². The minimum atomic E-state index is 0.761. The predicted molar refractivity (Wildman–Crippen MR) is 81.0 cm³/mol. The summed E-state index contributed by atoms with van der Waals surface area (Å²) < 4.78 is 0. The van der Waals surface area contributed by atoms with Gasteiger partial charge in [-0.25, -0.2) is 0 Å². The number of unbranched alkanes of at least 4 members (excludes halogenated alkanes) is 1. The molecule has 1 N–H and O–H groups in total. The molecule has 18 heavy (non-hydrogen) atoms. The standard InChI is InChI=1S/C16H34N2/c1-5-8-9-15(6-2)13-18-11-10-16(17-7-3)12-14(18)4/h14-17H,5-13H2,1-4H3. The maximum absolute atomic E-state index is 3.61. The maximum Gasteiger partial charge on any atom is 0.00939 e. The third-order valence-electron chi connectivity index (χ3n) is 4.54. The maximum atomic E-state index is 3.61. The molecule has 0 spiro atoms. The van der Waals surface area contributed by atoms with Crippen LogP contribution in [0.2, 0.25) is 0 Å². The van der Waals surface area contributed by atoms with Crippen LogP contribution in [-0.2, 0) is 0 Å². The normalized spacial score (nSPS) is 27.3. The van der Waals surface area contributed by atoms with Gasteiger partial charge in [-0.3, -0.25) is 0 Å². The van der Waals surface area contributed by atoms with E-state index in [0.29, 0.717) is 0 Å². The molecule has 1 fully saturated rings. The van der Waals surface area contributed by atoms with Crippen molar-refractivity contribution < 1.29 is 0 Å². The zero-order valence-corrected chi connectivity index (χ0v) is 13.0. The molecular weight excluding hydrogens is 220 g/mol. The highest BCUT2D eigenvalue weighted by Gasteiger charge is 2.25. The second kappa shape index (κ2) is 8.92.